The number of para-hydroxylation sites is 1. The van der Waals surface area contributed by atoms with Gasteiger partial charge in [-0.3, -0.25) is 9.59 Å². The van der Waals surface area contributed by atoms with Crippen molar-refractivity contribution < 1.29 is 14.7 Å². The molecule has 0 spiro atoms. The van der Waals surface area contributed by atoms with Crippen molar-refractivity contribution in [1.29, 1.82) is 0 Å². The molecule has 21 heavy (non-hydrogen) atoms. The highest BCUT2D eigenvalue weighted by atomic mass is 16.4. The molecular weight excluding hydrogens is 268 g/mol. The van der Waals surface area contributed by atoms with E-state index in [0.717, 1.165) is 30.2 Å². The van der Waals surface area contributed by atoms with Crippen molar-refractivity contribution in [3.05, 3.63) is 36.0 Å². The van der Waals surface area contributed by atoms with Gasteiger partial charge in [0.1, 0.15) is 0 Å². The molecule has 1 aromatic heterocycles. The molecule has 0 aliphatic heterocycles. The molecule has 0 radical (unpaired) electrons. The Balaban J connectivity index is 1.80. The van der Waals surface area contributed by atoms with Gasteiger partial charge in [-0.25, -0.2) is 0 Å². The summed E-state index contributed by atoms with van der Waals surface area (Å²) in [6.07, 6.45) is 4.91. The van der Waals surface area contributed by atoms with E-state index in [0.29, 0.717) is 12.0 Å². The summed E-state index contributed by atoms with van der Waals surface area (Å²) < 4.78 is 0. The quantitative estimate of drug-likeness (QED) is 0.811. The predicted octanol–water partition coefficient (Wildman–Crippen LogP) is 2.54. The number of benzene rings is 1. The summed E-state index contributed by atoms with van der Waals surface area (Å²) in [7, 11) is 0. The molecule has 1 aliphatic rings. The van der Waals surface area contributed by atoms with Gasteiger partial charge in [-0.05, 0) is 18.9 Å². The van der Waals surface area contributed by atoms with Gasteiger partial charge in [0, 0.05) is 23.1 Å². The topological polar surface area (TPSA) is 82.2 Å². The van der Waals surface area contributed by atoms with Crippen LogP contribution in [0, 0.1) is 5.92 Å². The van der Waals surface area contributed by atoms with Crippen LogP contribution >= 0.6 is 0 Å². The summed E-state index contributed by atoms with van der Waals surface area (Å²) in [6, 6.07) is 7.30. The smallest absolute Gasteiger partial charge is 0.308 e. The van der Waals surface area contributed by atoms with E-state index in [2.05, 4.69) is 10.3 Å². The van der Waals surface area contributed by atoms with Gasteiger partial charge in [-0.15, -0.1) is 0 Å². The fraction of sp³-hybridized carbons (Fsp3) is 0.375. The van der Waals surface area contributed by atoms with Crippen molar-refractivity contribution in [2.75, 3.05) is 0 Å². The number of aliphatic carboxylic acids is 1. The van der Waals surface area contributed by atoms with E-state index in [1.54, 1.807) is 6.20 Å². The van der Waals surface area contributed by atoms with Gasteiger partial charge in [0.05, 0.1) is 11.5 Å². The molecule has 1 aromatic carbocycles. The van der Waals surface area contributed by atoms with Crippen LogP contribution in [0.5, 0.6) is 0 Å². The first-order valence-electron chi connectivity index (χ1n) is 7.26. The number of carboxylic acid groups (broad SMARTS) is 1. The molecule has 3 N–H and O–H groups in total. The van der Waals surface area contributed by atoms with Crippen LogP contribution in [-0.2, 0) is 4.79 Å². The van der Waals surface area contributed by atoms with Gasteiger partial charge in [0.25, 0.3) is 5.91 Å². The number of amides is 1. The van der Waals surface area contributed by atoms with Crippen LogP contribution in [0.15, 0.2) is 30.5 Å². The summed E-state index contributed by atoms with van der Waals surface area (Å²) in [5, 5.41) is 13.0. The molecule has 1 aliphatic carbocycles. The zero-order valence-corrected chi connectivity index (χ0v) is 11.6. The molecule has 3 rings (SSSR count). The Morgan fingerprint density at radius 2 is 1.95 bits per heavy atom. The Morgan fingerprint density at radius 3 is 2.76 bits per heavy atom. The molecule has 1 heterocycles. The van der Waals surface area contributed by atoms with Crippen LogP contribution in [0.25, 0.3) is 10.9 Å². The van der Waals surface area contributed by atoms with Crippen molar-refractivity contribution in [1.82, 2.24) is 10.3 Å². The van der Waals surface area contributed by atoms with Crippen LogP contribution in [0.1, 0.15) is 36.0 Å². The van der Waals surface area contributed by atoms with Gasteiger partial charge in [-0.1, -0.05) is 31.0 Å². The highest BCUT2D eigenvalue weighted by molar-refractivity contribution is 6.06. The number of aromatic amines is 1. The highest BCUT2D eigenvalue weighted by Crippen LogP contribution is 2.25. The van der Waals surface area contributed by atoms with Gasteiger partial charge < -0.3 is 15.4 Å². The van der Waals surface area contributed by atoms with Crippen molar-refractivity contribution >= 4 is 22.8 Å². The Morgan fingerprint density at radius 1 is 1.19 bits per heavy atom. The molecular formula is C16H18N2O3. The lowest BCUT2D eigenvalue weighted by molar-refractivity contribution is -0.143. The maximum absolute atomic E-state index is 12.4. The largest absolute Gasteiger partial charge is 0.481 e. The molecule has 2 unspecified atom stereocenters. The number of nitrogens with one attached hydrogen (secondary N) is 2. The second-order valence-corrected chi connectivity index (χ2v) is 5.56. The van der Waals surface area contributed by atoms with E-state index < -0.39 is 11.9 Å². The normalized spacial score (nSPS) is 22.1. The lowest BCUT2D eigenvalue weighted by atomic mass is 9.84. The van der Waals surface area contributed by atoms with Crippen LogP contribution in [0.2, 0.25) is 0 Å². The first-order chi connectivity index (χ1) is 10.2. The van der Waals surface area contributed by atoms with Crippen molar-refractivity contribution in [3.8, 4) is 0 Å². The number of hydrogen-bond donors (Lipinski definition) is 3. The zero-order chi connectivity index (χ0) is 14.8. The van der Waals surface area contributed by atoms with E-state index in [1.807, 2.05) is 24.3 Å². The molecule has 0 bridgehead atoms. The summed E-state index contributed by atoms with van der Waals surface area (Å²) in [6.45, 7) is 0. The molecule has 2 aromatic rings. The number of aromatic nitrogens is 1. The van der Waals surface area contributed by atoms with Crippen LogP contribution in [-0.4, -0.2) is 28.0 Å². The zero-order valence-electron chi connectivity index (χ0n) is 11.6. The van der Waals surface area contributed by atoms with Crippen LogP contribution in [0.4, 0.5) is 0 Å². The Hall–Kier alpha value is -2.30. The number of H-pyrrole nitrogens is 1. The average molecular weight is 286 g/mol. The van der Waals surface area contributed by atoms with E-state index in [1.165, 1.54) is 0 Å². The van der Waals surface area contributed by atoms with E-state index >= 15 is 0 Å². The Labute approximate surface area is 122 Å². The number of carboxylic acids is 1. The molecule has 5 nitrogen and oxygen atoms in total. The molecule has 1 amide bonds. The van der Waals surface area contributed by atoms with Gasteiger partial charge >= 0.3 is 5.97 Å². The first kappa shape index (κ1) is 13.7. The maximum atomic E-state index is 12.4. The molecule has 0 saturated heterocycles. The molecule has 2 atom stereocenters. The fourth-order valence-electron chi connectivity index (χ4n) is 3.10. The third kappa shape index (κ3) is 2.63. The first-order valence-corrected chi connectivity index (χ1v) is 7.26. The second kappa shape index (κ2) is 5.60. The number of hydrogen-bond acceptors (Lipinski definition) is 2. The van der Waals surface area contributed by atoms with Gasteiger partial charge in [0.15, 0.2) is 0 Å². The Bertz CT molecular complexity index is 677. The minimum absolute atomic E-state index is 0.203. The summed E-state index contributed by atoms with van der Waals surface area (Å²) >= 11 is 0. The number of rotatable bonds is 3. The lowest BCUT2D eigenvalue weighted by Gasteiger charge is -2.29. The Kier molecular flexibility index (Phi) is 3.64. The van der Waals surface area contributed by atoms with Crippen LogP contribution < -0.4 is 5.32 Å². The molecule has 5 heteroatoms. The highest BCUT2D eigenvalue weighted by Gasteiger charge is 2.32. The summed E-state index contributed by atoms with van der Waals surface area (Å²) in [5.41, 5.74) is 1.47. The molecule has 1 saturated carbocycles. The maximum Gasteiger partial charge on any atom is 0.308 e. The van der Waals surface area contributed by atoms with Crippen molar-refractivity contribution in [3.63, 3.8) is 0 Å². The van der Waals surface area contributed by atoms with Gasteiger partial charge in [0.2, 0.25) is 0 Å². The average Bonchev–Trinajstić information content (AvgIpc) is 2.91. The summed E-state index contributed by atoms with van der Waals surface area (Å²) in [4.78, 5) is 26.8. The number of carbonyl (C=O) groups excluding carboxylic acids is 1. The molecule has 1 fully saturated rings. The second-order valence-electron chi connectivity index (χ2n) is 5.56. The predicted molar refractivity (Wildman–Crippen MR) is 79.1 cm³/mol. The summed E-state index contributed by atoms with van der Waals surface area (Å²) in [5.74, 6) is -1.50. The third-order valence-corrected chi connectivity index (χ3v) is 4.23. The minimum Gasteiger partial charge on any atom is -0.481 e. The number of fused-ring (bicyclic) bond motifs is 1. The third-order valence-electron chi connectivity index (χ3n) is 4.23. The van der Waals surface area contributed by atoms with Crippen molar-refractivity contribution in [2.45, 2.75) is 31.7 Å². The minimum atomic E-state index is -0.820. The lowest BCUT2D eigenvalue weighted by Crippen LogP contribution is -2.45. The number of carbonyl (C=O) groups is 2. The van der Waals surface area contributed by atoms with E-state index in [4.69, 9.17) is 0 Å². The monoisotopic (exact) mass is 286 g/mol. The fourth-order valence-corrected chi connectivity index (χ4v) is 3.10. The van der Waals surface area contributed by atoms with E-state index in [9.17, 15) is 14.7 Å². The van der Waals surface area contributed by atoms with Crippen LogP contribution in [0.3, 0.4) is 0 Å². The van der Waals surface area contributed by atoms with Gasteiger partial charge in [-0.2, -0.15) is 0 Å². The van der Waals surface area contributed by atoms with Crippen molar-refractivity contribution in [2.24, 2.45) is 5.92 Å². The SMILES string of the molecule is O=C(NC1CCCCC1C(=O)O)c1c[nH]c2ccccc12. The molecule has 110 valence electrons. The standard InChI is InChI=1S/C16H18N2O3/c19-15(12-9-17-13-7-3-1-5-10(12)13)18-14-8-4-2-6-11(14)16(20)21/h1,3,5,7,9,11,14,17H,2,4,6,8H2,(H,18,19)(H,20,21). The van der Waals surface area contributed by atoms with E-state index in [-0.39, 0.29) is 11.9 Å².